The molecule has 1 amide bonds. The zero-order valence-corrected chi connectivity index (χ0v) is 12.6. The fourth-order valence-electron chi connectivity index (χ4n) is 3.23. The van der Waals surface area contributed by atoms with E-state index < -0.39 is 0 Å². The van der Waals surface area contributed by atoms with Crippen molar-refractivity contribution in [1.82, 2.24) is 24.9 Å². The van der Waals surface area contributed by atoms with Crippen molar-refractivity contribution >= 4 is 17.1 Å². The van der Waals surface area contributed by atoms with Crippen molar-refractivity contribution < 1.29 is 9.53 Å². The Bertz CT molecular complexity index is 709. The Hall–Kier alpha value is -2.02. The maximum atomic E-state index is 12.9. The topological polar surface area (TPSA) is 73.1 Å². The monoisotopic (exact) mass is 301 g/mol. The highest BCUT2D eigenvalue weighted by molar-refractivity contribution is 6.03. The molecule has 0 N–H and O–H groups in total. The number of morpholine rings is 1. The van der Waals surface area contributed by atoms with Crippen molar-refractivity contribution in [3.05, 3.63) is 17.8 Å². The molecule has 2 fully saturated rings. The molecule has 4 rings (SSSR count). The van der Waals surface area contributed by atoms with Gasteiger partial charge < -0.3 is 9.64 Å². The Morgan fingerprint density at radius 1 is 1.41 bits per heavy atom. The Kier molecular flexibility index (Phi) is 3.29. The van der Waals surface area contributed by atoms with Crippen LogP contribution >= 0.6 is 0 Å². The zero-order chi connectivity index (χ0) is 15.1. The summed E-state index contributed by atoms with van der Waals surface area (Å²) in [5.41, 5.74) is 1.78. The summed E-state index contributed by atoms with van der Waals surface area (Å²) in [5.74, 6) is 0.616. The largest absolute Gasteiger partial charge is 0.374 e. The molecule has 7 nitrogen and oxygen atoms in total. The third-order valence-corrected chi connectivity index (χ3v) is 4.78. The molecule has 0 spiro atoms. The average Bonchev–Trinajstić information content (AvgIpc) is 2.87. The average molecular weight is 301 g/mol. The van der Waals surface area contributed by atoms with Gasteiger partial charge in [-0.25, -0.2) is 9.67 Å². The minimum Gasteiger partial charge on any atom is -0.374 e. The molecule has 22 heavy (non-hydrogen) atoms. The third-order valence-electron chi connectivity index (χ3n) is 4.78. The summed E-state index contributed by atoms with van der Waals surface area (Å²) >= 11 is 0. The molecular weight excluding hydrogens is 282 g/mol. The van der Waals surface area contributed by atoms with E-state index in [1.165, 1.54) is 19.3 Å². The molecule has 1 saturated heterocycles. The van der Waals surface area contributed by atoms with Gasteiger partial charge in [0.05, 0.1) is 18.3 Å². The molecule has 1 aliphatic heterocycles. The highest BCUT2D eigenvalue weighted by Gasteiger charge is 2.34. The number of carbonyl (C=O) groups excluding carboxylic acids is 1. The SMILES string of the molecule is Cn1nnc2c(C(=O)N3CCOC(C4CCC4)C3)ccnc21. The minimum absolute atomic E-state index is 0.000485. The van der Waals surface area contributed by atoms with Gasteiger partial charge in [-0.1, -0.05) is 11.6 Å². The highest BCUT2D eigenvalue weighted by Crippen LogP contribution is 2.33. The van der Waals surface area contributed by atoms with E-state index >= 15 is 0 Å². The Morgan fingerprint density at radius 3 is 3.05 bits per heavy atom. The van der Waals surface area contributed by atoms with Crippen molar-refractivity contribution in [3.63, 3.8) is 0 Å². The van der Waals surface area contributed by atoms with Crippen LogP contribution in [-0.2, 0) is 11.8 Å². The molecule has 7 heteroatoms. The number of hydrogen-bond acceptors (Lipinski definition) is 5. The lowest BCUT2D eigenvalue weighted by Gasteiger charge is -2.40. The van der Waals surface area contributed by atoms with E-state index in [9.17, 15) is 4.79 Å². The van der Waals surface area contributed by atoms with Crippen LogP contribution in [-0.4, -0.2) is 56.6 Å². The molecule has 1 aliphatic carbocycles. The minimum atomic E-state index is 0.000485. The lowest BCUT2D eigenvalue weighted by Crippen LogP contribution is -2.49. The van der Waals surface area contributed by atoms with Crippen LogP contribution in [0.15, 0.2) is 12.3 Å². The zero-order valence-electron chi connectivity index (χ0n) is 12.6. The van der Waals surface area contributed by atoms with Crippen LogP contribution in [0, 0.1) is 5.92 Å². The summed E-state index contributed by atoms with van der Waals surface area (Å²) in [5, 5.41) is 8.05. The van der Waals surface area contributed by atoms with Crippen molar-refractivity contribution in [2.45, 2.75) is 25.4 Å². The van der Waals surface area contributed by atoms with E-state index in [-0.39, 0.29) is 12.0 Å². The lowest BCUT2D eigenvalue weighted by molar-refractivity contribution is -0.0659. The normalized spacial score (nSPS) is 22.8. The fourth-order valence-corrected chi connectivity index (χ4v) is 3.23. The maximum absolute atomic E-state index is 12.9. The van der Waals surface area contributed by atoms with Gasteiger partial charge in [-0.2, -0.15) is 0 Å². The second kappa shape index (κ2) is 5.31. The van der Waals surface area contributed by atoms with Gasteiger partial charge in [-0.3, -0.25) is 4.79 Å². The number of nitrogens with zero attached hydrogens (tertiary/aromatic N) is 5. The summed E-state index contributed by atoms with van der Waals surface area (Å²) < 4.78 is 7.44. The highest BCUT2D eigenvalue weighted by atomic mass is 16.5. The number of fused-ring (bicyclic) bond motifs is 1. The summed E-state index contributed by atoms with van der Waals surface area (Å²) in [4.78, 5) is 19.0. The van der Waals surface area contributed by atoms with Crippen molar-refractivity contribution in [2.24, 2.45) is 13.0 Å². The molecule has 0 radical (unpaired) electrons. The summed E-state index contributed by atoms with van der Waals surface area (Å²) in [6, 6.07) is 1.73. The number of rotatable bonds is 2. The van der Waals surface area contributed by atoms with Gasteiger partial charge in [-0.15, -0.1) is 5.10 Å². The summed E-state index contributed by atoms with van der Waals surface area (Å²) in [6.07, 6.45) is 5.55. The first-order valence-corrected chi connectivity index (χ1v) is 7.79. The van der Waals surface area contributed by atoms with Gasteiger partial charge in [0, 0.05) is 26.3 Å². The summed E-state index contributed by atoms with van der Waals surface area (Å²) in [7, 11) is 1.78. The fraction of sp³-hybridized carbons (Fsp3) is 0.600. The van der Waals surface area contributed by atoms with E-state index in [0.29, 0.717) is 42.3 Å². The van der Waals surface area contributed by atoms with Gasteiger partial charge in [0.1, 0.15) is 5.52 Å². The van der Waals surface area contributed by atoms with Gasteiger partial charge in [0.25, 0.3) is 5.91 Å². The van der Waals surface area contributed by atoms with Gasteiger partial charge in [-0.05, 0) is 24.8 Å². The van der Waals surface area contributed by atoms with E-state index in [2.05, 4.69) is 15.3 Å². The predicted molar refractivity (Wildman–Crippen MR) is 79.3 cm³/mol. The van der Waals surface area contributed by atoms with E-state index in [0.717, 1.165) is 0 Å². The van der Waals surface area contributed by atoms with Crippen LogP contribution in [0.2, 0.25) is 0 Å². The molecule has 2 aromatic heterocycles. The predicted octanol–water partition coefficient (Wildman–Crippen LogP) is 1.00. The van der Waals surface area contributed by atoms with E-state index in [4.69, 9.17) is 4.74 Å². The van der Waals surface area contributed by atoms with Crippen LogP contribution in [0.5, 0.6) is 0 Å². The first kappa shape index (κ1) is 13.6. The van der Waals surface area contributed by atoms with E-state index in [1.807, 2.05) is 4.90 Å². The van der Waals surface area contributed by atoms with Crippen LogP contribution in [0.3, 0.4) is 0 Å². The van der Waals surface area contributed by atoms with Crippen molar-refractivity contribution in [1.29, 1.82) is 0 Å². The van der Waals surface area contributed by atoms with Crippen LogP contribution < -0.4 is 0 Å². The number of aryl methyl sites for hydroxylation is 1. The Labute approximate surface area is 128 Å². The van der Waals surface area contributed by atoms with E-state index in [1.54, 1.807) is 24.0 Å². The van der Waals surface area contributed by atoms with Crippen molar-refractivity contribution in [3.8, 4) is 0 Å². The lowest BCUT2D eigenvalue weighted by atomic mass is 9.80. The molecule has 116 valence electrons. The van der Waals surface area contributed by atoms with Crippen LogP contribution in [0.1, 0.15) is 29.6 Å². The molecular formula is C15H19N5O2. The molecule has 2 aromatic rings. The van der Waals surface area contributed by atoms with Gasteiger partial charge in [0.15, 0.2) is 5.65 Å². The molecule has 1 atom stereocenters. The van der Waals surface area contributed by atoms with Crippen molar-refractivity contribution in [2.75, 3.05) is 19.7 Å². The Morgan fingerprint density at radius 2 is 2.27 bits per heavy atom. The Balaban J connectivity index is 1.59. The van der Waals surface area contributed by atoms with Gasteiger partial charge >= 0.3 is 0 Å². The number of carbonyl (C=O) groups is 1. The molecule has 3 heterocycles. The standard InChI is InChI=1S/C15H19N5O2/c1-19-14-13(17-18-19)11(5-6-16-14)15(21)20-7-8-22-12(9-20)10-3-2-4-10/h5-6,10,12H,2-4,7-9H2,1H3. The number of ether oxygens (including phenoxy) is 1. The molecule has 1 saturated carbocycles. The number of pyridine rings is 1. The van der Waals surface area contributed by atoms with Crippen LogP contribution in [0.4, 0.5) is 0 Å². The second-order valence-corrected chi connectivity index (χ2v) is 6.10. The second-order valence-electron chi connectivity index (χ2n) is 6.10. The summed E-state index contributed by atoms with van der Waals surface area (Å²) in [6.45, 7) is 1.92. The van der Waals surface area contributed by atoms with Gasteiger partial charge in [0.2, 0.25) is 0 Å². The first-order valence-electron chi connectivity index (χ1n) is 7.79. The maximum Gasteiger partial charge on any atom is 0.256 e. The molecule has 2 aliphatic rings. The third kappa shape index (κ3) is 2.16. The number of hydrogen-bond donors (Lipinski definition) is 0. The quantitative estimate of drug-likeness (QED) is 0.827. The first-order chi connectivity index (χ1) is 10.7. The molecule has 0 bridgehead atoms. The number of amides is 1. The van der Waals surface area contributed by atoms with Crippen LogP contribution in [0.25, 0.3) is 11.2 Å². The molecule has 1 unspecified atom stereocenters. The molecule has 0 aromatic carbocycles. The smallest absolute Gasteiger partial charge is 0.256 e. The number of aromatic nitrogens is 4.